The molecule has 3 N–H and O–H groups in total. The molecule has 1 rings (SSSR count). The van der Waals surface area contributed by atoms with E-state index in [4.69, 9.17) is 10.5 Å². The first kappa shape index (κ1) is 15.6. The number of nitrogen functional groups attached to an aromatic ring is 1. The Labute approximate surface area is 114 Å². The molecule has 0 aliphatic carbocycles. The molecule has 0 saturated carbocycles. The van der Waals surface area contributed by atoms with Crippen LogP contribution in [0.25, 0.3) is 0 Å². The fourth-order valence-corrected chi connectivity index (χ4v) is 1.61. The molecule has 19 heavy (non-hydrogen) atoms. The Morgan fingerprint density at radius 1 is 1.42 bits per heavy atom. The summed E-state index contributed by atoms with van der Waals surface area (Å²) in [5, 5.41) is 3.21. The van der Waals surface area contributed by atoms with Crippen molar-refractivity contribution in [3.63, 3.8) is 0 Å². The predicted octanol–water partition coefficient (Wildman–Crippen LogP) is 2.56. The van der Waals surface area contributed by atoms with Crippen molar-refractivity contribution in [1.82, 2.24) is 4.90 Å². The Morgan fingerprint density at radius 2 is 2.11 bits per heavy atom. The van der Waals surface area contributed by atoms with E-state index in [9.17, 15) is 4.39 Å². The van der Waals surface area contributed by atoms with Crippen molar-refractivity contribution < 1.29 is 9.13 Å². The molecular formula is C14H24FN3O. The number of rotatable bonds is 7. The van der Waals surface area contributed by atoms with E-state index in [0.29, 0.717) is 11.4 Å². The van der Waals surface area contributed by atoms with Crippen LogP contribution in [0.15, 0.2) is 12.1 Å². The van der Waals surface area contributed by atoms with Crippen LogP contribution in [0, 0.1) is 5.82 Å². The highest BCUT2D eigenvalue weighted by atomic mass is 19.1. The summed E-state index contributed by atoms with van der Waals surface area (Å²) >= 11 is 0. The number of halogens is 1. The second-order valence-electron chi connectivity index (χ2n) is 4.86. The number of anilines is 2. The van der Waals surface area contributed by atoms with Gasteiger partial charge in [0, 0.05) is 25.2 Å². The van der Waals surface area contributed by atoms with Crippen LogP contribution in [0.1, 0.15) is 20.8 Å². The zero-order valence-electron chi connectivity index (χ0n) is 12.2. The second kappa shape index (κ2) is 7.19. The van der Waals surface area contributed by atoms with Crippen molar-refractivity contribution in [1.29, 1.82) is 0 Å². The SMILES string of the molecule is CCN(C)CCNc1cc(OC(C)C)c(F)cc1N. The number of nitrogens with one attached hydrogen (secondary N) is 1. The Hall–Kier alpha value is -1.49. The van der Waals surface area contributed by atoms with Gasteiger partial charge in [0.2, 0.25) is 0 Å². The Bertz CT molecular complexity index is 410. The highest BCUT2D eigenvalue weighted by molar-refractivity contribution is 5.68. The molecule has 0 bridgehead atoms. The third-order valence-corrected chi connectivity index (χ3v) is 2.82. The lowest BCUT2D eigenvalue weighted by Crippen LogP contribution is -2.25. The van der Waals surface area contributed by atoms with Gasteiger partial charge in [-0.25, -0.2) is 4.39 Å². The first-order valence-electron chi connectivity index (χ1n) is 6.62. The molecule has 1 aromatic carbocycles. The van der Waals surface area contributed by atoms with Gasteiger partial charge in [-0.2, -0.15) is 0 Å². The lowest BCUT2D eigenvalue weighted by Gasteiger charge is -2.17. The quantitative estimate of drug-likeness (QED) is 0.747. The molecular weight excluding hydrogens is 245 g/mol. The zero-order chi connectivity index (χ0) is 14.4. The monoisotopic (exact) mass is 269 g/mol. The molecule has 0 radical (unpaired) electrons. The molecule has 1 aromatic rings. The lowest BCUT2D eigenvalue weighted by molar-refractivity contribution is 0.231. The van der Waals surface area contributed by atoms with Gasteiger partial charge >= 0.3 is 0 Å². The summed E-state index contributed by atoms with van der Waals surface area (Å²) < 4.78 is 19.1. The van der Waals surface area contributed by atoms with Gasteiger partial charge in [0.15, 0.2) is 11.6 Å². The summed E-state index contributed by atoms with van der Waals surface area (Å²) in [6, 6.07) is 2.92. The van der Waals surface area contributed by atoms with E-state index in [2.05, 4.69) is 17.1 Å². The second-order valence-corrected chi connectivity index (χ2v) is 4.86. The summed E-state index contributed by atoms with van der Waals surface area (Å²) in [5.74, 6) is -0.196. The largest absolute Gasteiger partial charge is 0.488 e. The highest BCUT2D eigenvalue weighted by Crippen LogP contribution is 2.28. The van der Waals surface area contributed by atoms with Crippen LogP contribution in [0.5, 0.6) is 5.75 Å². The van der Waals surface area contributed by atoms with E-state index in [-0.39, 0.29) is 11.9 Å². The van der Waals surface area contributed by atoms with E-state index >= 15 is 0 Å². The minimum atomic E-state index is -0.428. The number of benzene rings is 1. The van der Waals surface area contributed by atoms with Crippen LogP contribution in [-0.4, -0.2) is 37.7 Å². The summed E-state index contributed by atoms with van der Waals surface area (Å²) in [7, 11) is 2.04. The number of ether oxygens (including phenoxy) is 1. The van der Waals surface area contributed by atoms with Gasteiger partial charge in [-0.15, -0.1) is 0 Å². The van der Waals surface area contributed by atoms with E-state index in [1.807, 2.05) is 20.9 Å². The average molecular weight is 269 g/mol. The topological polar surface area (TPSA) is 50.5 Å². The third-order valence-electron chi connectivity index (χ3n) is 2.82. The first-order valence-corrected chi connectivity index (χ1v) is 6.62. The van der Waals surface area contributed by atoms with Crippen LogP contribution in [0.4, 0.5) is 15.8 Å². The van der Waals surface area contributed by atoms with Gasteiger partial charge in [-0.1, -0.05) is 6.92 Å². The highest BCUT2D eigenvalue weighted by Gasteiger charge is 2.10. The minimum Gasteiger partial charge on any atom is -0.488 e. The van der Waals surface area contributed by atoms with Gasteiger partial charge in [-0.05, 0) is 27.4 Å². The van der Waals surface area contributed by atoms with Gasteiger partial charge < -0.3 is 20.7 Å². The smallest absolute Gasteiger partial charge is 0.167 e. The van der Waals surface area contributed by atoms with Crippen LogP contribution in [0.3, 0.4) is 0 Å². The zero-order valence-corrected chi connectivity index (χ0v) is 12.2. The molecule has 4 nitrogen and oxygen atoms in total. The number of likely N-dealkylation sites (N-methyl/N-ethyl adjacent to an activating group) is 1. The summed E-state index contributed by atoms with van der Waals surface area (Å²) in [6.07, 6.45) is -0.0720. The predicted molar refractivity (Wildman–Crippen MR) is 78.2 cm³/mol. The van der Waals surface area contributed by atoms with Gasteiger partial charge in [0.1, 0.15) is 0 Å². The summed E-state index contributed by atoms with van der Waals surface area (Å²) in [4.78, 5) is 2.18. The molecule has 108 valence electrons. The van der Waals surface area contributed by atoms with Crippen molar-refractivity contribution in [2.45, 2.75) is 26.9 Å². The normalized spacial score (nSPS) is 11.1. The average Bonchev–Trinajstić information content (AvgIpc) is 2.33. The van der Waals surface area contributed by atoms with Crippen LogP contribution in [-0.2, 0) is 0 Å². The molecule has 0 aliphatic rings. The van der Waals surface area contributed by atoms with Crippen molar-refractivity contribution in [2.75, 3.05) is 37.7 Å². The maximum Gasteiger partial charge on any atom is 0.167 e. The molecule has 0 heterocycles. The fourth-order valence-electron chi connectivity index (χ4n) is 1.61. The van der Waals surface area contributed by atoms with Crippen LogP contribution < -0.4 is 15.8 Å². The number of nitrogens with zero attached hydrogens (tertiary/aromatic N) is 1. The molecule has 0 fully saturated rings. The number of nitrogens with two attached hydrogens (primary N) is 1. The number of hydrogen-bond acceptors (Lipinski definition) is 4. The molecule has 0 amide bonds. The maximum atomic E-state index is 13.7. The van der Waals surface area contributed by atoms with E-state index in [1.165, 1.54) is 6.07 Å². The van der Waals surface area contributed by atoms with Gasteiger partial charge in [0.05, 0.1) is 17.5 Å². The van der Waals surface area contributed by atoms with Crippen molar-refractivity contribution in [3.05, 3.63) is 17.9 Å². The Kier molecular flexibility index (Phi) is 5.89. The van der Waals surface area contributed by atoms with Crippen molar-refractivity contribution in [2.24, 2.45) is 0 Å². The van der Waals surface area contributed by atoms with Crippen molar-refractivity contribution in [3.8, 4) is 5.75 Å². The lowest BCUT2D eigenvalue weighted by atomic mass is 10.2. The first-order chi connectivity index (χ1) is 8.93. The maximum absolute atomic E-state index is 13.7. The molecule has 0 aliphatic heterocycles. The molecule has 0 saturated heterocycles. The summed E-state index contributed by atoms with van der Waals surface area (Å²) in [6.45, 7) is 8.45. The van der Waals surface area contributed by atoms with Gasteiger partial charge in [0.25, 0.3) is 0 Å². The fraction of sp³-hybridized carbons (Fsp3) is 0.571. The third kappa shape index (κ3) is 4.95. The van der Waals surface area contributed by atoms with E-state index in [1.54, 1.807) is 6.07 Å². The van der Waals surface area contributed by atoms with Crippen LogP contribution in [0.2, 0.25) is 0 Å². The molecule has 0 aromatic heterocycles. The van der Waals surface area contributed by atoms with Crippen LogP contribution >= 0.6 is 0 Å². The standard InChI is InChI=1S/C14H24FN3O/c1-5-18(4)7-6-17-13-9-14(19-10(2)3)11(15)8-12(13)16/h8-10,17H,5-7,16H2,1-4H3. The Morgan fingerprint density at radius 3 is 2.68 bits per heavy atom. The summed E-state index contributed by atoms with van der Waals surface area (Å²) in [5.41, 5.74) is 6.90. The molecule has 0 atom stereocenters. The van der Waals surface area contributed by atoms with Crippen molar-refractivity contribution >= 4 is 11.4 Å². The van der Waals surface area contributed by atoms with E-state index in [0.717, 1.165) is 19.6 Å². The minimum absolute atomic E-state index is 0.0720. The number of hydrogen-bond donors (Lipinski definition) is 2. The molecule has 0 spiro atoms. The Balaban J connectivity index is 2.71. The van der Waals surface area contributed by atoms with Gasteiger partial charge in [-0.3, -0.25) is 0 Å². The van der Waals surface area contributed by atoms with E-state index < -0.39 is 5.82 Å². The molecule has 0 unspecified atom stereocenters. The molecule has 5 heteroatoms.